The SMILES string of the molecule is [C-]#[N+]c1ccc(Oc2ccc(-c3cn4ccccc4n3)cc2C)cc1. The smallest absolute Gasteiger partial charge is 0.187 e. The summed E-state index contributed by atoms with van der Waals surface area (Å²) in [6.45, 7) is 9.01. The highest BCUT2D eigenvalue weighted by atomic mass is 16.5. The van der Waals surface area contributed by atoms with Gasteiger partial charge in [-0.15, -0.1) is 0 Å². The van der Waals surface area contributed by atoms with Crippen molar-refractivity contribution in [2.24, 2.45) is 0 Å². The van der Waals surface area contributed by atoms with E-state index in [0.29, 0.717) is 5.69 Å². The molecule has 4 rings (SSSR count). The van der Waals surface area contributed by atoms with E-state index >= 15 is 0 Å². The van der Waals surface area contributed by atoms with Gasteiger partial charge < -0.3 is 9.14 Å². The predicted molar refractivity (Wildman–Crippen MR) is 98.1 cm³/mol. The molecule has 2 aromatic heterocycles. The Morgan fingerprint density at radius 2 is 1.88 bits per heavy atom. The summed E-state index contributed by atoms with van der Waals surface area (Å²) in [4.78, 5) is 8.04. The van der Waals surface area contributed by atoms with Crippen molar-refractivity contribution in [3.8, 4) is 22.8 Å². The molecular weight excluding hydrogens is 310 g/mol. The average molecular weight is 325 g/mol. The van der Waals surface area contributed by atoms with Gasteiger partial charge in [0.15, 0.2) is 5.69 Å². The highest BCUT2D eigenvalue weighted by Crippen LogP contribution is 2.30. The van der Waals surface area contributed by atoms with Gasteiger partial charge in [-0.25, -0.2) is 9.83 Å². The van der Waals surface area contributed by atoms with Crippen molar-refractivity contribution >= 4 is 11.3 Å². The van der Waals surface area contributed by atoms with Gasteiger partial charge in [0.05, 0.1) is 12.3 Å². The minimum atomic E-state index is 0.603. The van der Waals surface area contributed by atoms with Crippen LogP contribution in [-0.2, 0) is 0 Å². The molecule has 0 radical (unpaired) electrons. The largest absolute Gasteiger partial charge is 0.457 e. The quantitative estimate of drug-likeness (QED) is 0.456. The minimum absolute atomic E-state index is 0.603. The zero-order valence-electron chi connectivity index (χ0n) is 13.7. The first-order chi connectivity index (χ1) is 12.2. The molecule has 2 heterocycles. The predicted octanol–water partition coefficient (Wildman–Crippen LogP) is 5.65. The first-order valence-electron chi connectivity index (χ1n) is 7.93. The summed E-state index contributed by atoms with van der Waals surface area (Å²) < 4.78 is 7.94. The molecule has 0 unspecified atom stereocenters. The van der Waals surface area contributed by atoms with E-state index in [9.17, 15) is 0 Å². The van der Waals surface area contributed by atoms with Crippen LogP contribution in [0.1, 0.15) is 5.56 Å². The second-order valence-electron chi connectivity index (χ2n) is 5.78. The Morgan fingerprint density at radius 3 is 2.60 bits per heavy atom. The third-order valence-electron chi connectivity index (χ3n) is 4.03. The molecule has 0 amide bonds. The maximum absolute atomic E-state index is 6.99. The summed E-state index contributed by atoms with van der Waals surface area (Å²) in [5.41, 5.74) is 4.55. The Morgan fingerprint density at radius 1 is 1.04 bits per heavy atom. The van der Waals surface area contributed by atoms with Gasteiger partial charge in [0.25, 0.3) is 0 Å². The molecule has 25 heavy (non-hydrogen) atoms. The zero-order chi connectivity index (χ0) is 17.2. The minimum Gasteiger partial charge on any atom is -0.457 e. The van der Waals surface area contributed by atoms with Crippen molar-refractivity contribution in [2.75, 3.05) is 0 Å². The molecule has 2 aromatic carbocycles. The van der Waals surface area contributed by atoms with Gasteiger partial charge in [0.1, 0.15) is 17.1 Å². The monoisotopic (exact) mass is 325 g/mol. The fourth-order valence-electron chi connectivity index (χ4n) is 2.71. The third-order valence-corrected chi connectivity index (χ3v) is 4.03. The van der Waals surface area contributed by atoms with Crippen LogP contribution in [0.15, 0.2) is 73.1 Å². The maximum Gasteiger partial charge on any atom is 0.187 e. The van der Waals surface area contributed by atoms with Gasteiger partial charge in [0.2, 0.25) is 0 Å². The first kappa shape index (κ1) is 15.0. The van der Waals surface area contributed by atoms with Crippen molar-refractivity contribution in [1.29, 1.82) is 0 Å². The maximum atomic E-state index is 6.99. The van der Waals surface area contributed by atoms with Crippen molar-refractivity contribution in [1.82, 2.24) is 9.38 Å². The number of hydrogen-bond acceptors (Lipinski definition) is 2. The van der Waals surface area contributed by atoms with Crippen molar-refractivity contribution in [2.45, 2.75) is 6.92 Å². The molecule has 0 fully saturated rings. The summed E-state index contributed by atoms with van der Waals surface area (Å²) in [7, 11) is 0. The molecule has 0 saturated carbocycles. The molecule has 0 aliphatic carbocycles. The molecule has 0 aliphatic heterocycles. The summed E-state index contributed by atoms with van der Waals surface area (Å²) in [5.74, 6) is 1.51. The van der Waals surface area contributed by atoms with E-state index in [1.807, 2.05) is 66.2 Å². The van der Waals surface area contributed by atoms with E-state index in [1.54, 1.807) is 12.1 Å². The van der Waals surface area contributed by atoms with Crippen LogP contribution in [-0.4, -0.2) is 9.38 Å². The number of benzene rings is 2. The molecule has 4 aromatic rings. The van der Waals surface area contributed by atoms with Crippen LogP contribution in [0.5, 0.6) is 11.5 Å². The van der Waals surface area contributed by atoms with Crippen LogP contribution in [0.2, 0.25) is 0 Å². The van der Waals surface area contributed by atoms with E-state index in [4.69, 9.17) is 11.3 Å². The Labute approximate surface area is 145 Å². The molecule has 0 saturated heterocycles. The molecule has 120 valence electrons. The van der Waals surface area contributed by atoms with Crippen molar-refractivity contribution < 1.29 is 4.74 Å². The number of pyridine rings is 1. The number of rotatable bonds is 3. The lowest BCUT2D eigenvalue weighted by Crippen LogP contribution is -1.88. The molecule has 0 bridgehead atoms. The Kier molecular flexibility index (Phi) is 3.68. The Bertz CT molecular complexity index is 1060. The van der Waals surface area contributed by atoms with Crippen molar-refractivity contribution in [3.05, 3.63) is 90.0 Å². The number of ether oxygens (including phenoxy) is 1. The second-order valence-corrected chi connectivity index (χ2v) is 5.78. The van der Waals surface area contributed by atoms with Crippen LogP contribution in [0.3, 0.4) is 0 Å². The molecule has 0 N–H and O–H groups in total. The molecule has 4 nitrogen and oxygen atoms in total. The van der Waals surface area contributed by atoms with Crippen LogP contribution < -0.4 is 4.74 Å². The summed E-state index contributed by atoms with van der Waals surface area (Å²) in [6.07, 6.45) is 4.01. The third kappa shape index (κ3) is 2.96. The van der Waals surface area contributed by atoms with Crippen molar-refractivity contribution in [3.63, 3.8) is 0 Å². The Balaban J connectivity index is 1.62. The molecular formula is C21H15N3O. The lowest BCUT2D eigenvalue weighted by molar-refractivity contribution is 0.479. The van der Waals surface area contributed by atoms with Gasteiger partial charge in [0, 0.05) is 18.0 Å². The fourth-order valence-corrected chi connectivity index (χ4v) is 2.71. The normalized spacial score (nSPS) is 10.6. The van der Waals surface area contributed by atoms with Gasteiger partial charge >= 0.3 is 0 Å². The van der Waals surface area contributed by atoms with Crippen LogP contribution in [0, 0.1) is 13.5 Å². The van der Waals surface area contributed by atoms with Gasteiger partial charge in [-0.3, -0.25) is 0 Å². The average Bonchev–Trinajstić information content (AvgIpc) is 3.08. The molecule has 0 aliphatic rings. The Hall–Kier alpha value is -3.58. The number of aromatic nitrogens is 2. The number of aryl methyl sites for hydroxylation is 1. The fraction of sp³-hybridized carbons (Fsp3) is 0.0476. The van der Waals surface area contributed by atoms with E-state index in [2.05, 4.69) is 15.9 Å². The van der Waals surface area contributed by atoms with Crippen LogP contribution in [0.4, 0.5) is 5.69 Å². The van der Waals surface area contributed by atoms with E-state index in [1.165, 1.54) is 0 Å². The van der Waals surface area contributed by atoms with Gasteiger partial charge in [-0.05, 0) is 55.0 Å². The zero-order valence-corrected chi connectivity index (χ0v) is 13.7. The molecule has 0 spiro atoms. The first-order valence-corrected chi connectivity index (χ1v) is 7.93. The van der Waals surface area contributed by atoms with Crippen LogP contribution >= 0.6 is 0 Å². The summed E-state index contributed by atoms with van der Waals surface area (Å²) in [5, 5.41) is 0. The second kappa shape index (κ2) is 6.14. The topological polar surface area (TPSA) is 30.9 Å². The number of nitrogens with zero attached hydrogens (tertiary/aromatic N) is 3. The highest BCUT2D eigenvalue weighted by Gasteiger charge is 2.08. The summed E-state index contributed by atoms with van der Waals surface area (Å²) >= 11 is 0. The standard InChI is InChI=1S/C21H15N3O/c1-15-13-16(19-14-24-12-4-3-5-21(24)23-19)6-11-20(15)25-18-9-7-17(22-2)8-10-18/h3-14H,1H3. The lowest BCUT2D eigenvalue weighted by atomic mass is 10.1. The van der Waals surface area contributed by atoms with E-state index in [-0.39, 0.29) is 0 Å². The molecule has 0 atom stereocenters. The number of hydrogen-bond donors (Lipinski definition) is 0. The summed E-state index contributed by atoms with van der Waals surface area (Å²) in [6, 6.07) is 19.1. The number of imidazole rings is 1. The number of fused-ring (bicyclic) bond motifs is 1. The van der Waals surface area contributed by atoms with Crippen LogP contribution in [0.25, 0.3) is 21.7 Å². The van der Waals surface area contributed by atoms with Gasteiger partial charge in [-0.2, -0.15) is 0 Å². The molecule has 4 heteroatoms. The highest BCUT2D eigenvalue weighted by molar-refractivity contribution is 5.65. The van der Waals surface area contributed by atoms with E-state index in [0.717, 1.165) is 34.0 Å². The van der Waals surface area contributed by atoms with E-state index < -0.39 is 0 Å². The lowest BCUT2D eigenvalue weighted by Gasteiger charge is -2.10. The van der Waals surface area contributed by atoms with Gasteiger partial charge in [-0.1, -0.05) is 18.2 Å².